The molecule has 0 radical (unpaired) electrons. The first-order valence-corrected chi connectivity index (χ1v) is 4.99. The average Bonchev–Trinajstić information content (AvgIpc) is 2.97. The highest BCUT2D eigenvalue weighted by molar-refractivity contribution is 5.76. The van der Waals surface area contributed by atoms with Crippen molar-refractivity contribution in [3.63, 3.8) is 0 Å². The molecule has 2 aromatic rings. The minimum atomic E-state index is -0.114. The fourth-order valence-corrected chi connectivity index (χ4v) is 1.76. The van der Waals surface area contributed by atoms with Gasteiger partial charge in [0.25, 0.3) is 0 Å². The summed E-state index contributed by atoms with van der Waals surface area (Å²) in [6.45, 7) is 0. The Morgan fingerprint density at radius 1 is 1.20 bits per heavy atom. The molecule has 1 saturated carbocycles. The molecule has 4 nitrogen and oxygen atoms in total. The number of nitrogen functional groups attached to an aromatic ring is 1. The van der Waals surface area contributed by atoms with E-state index in [2.05, 4.69) is 9.97 Å². The maximum absolute atomic E-state index is 6.12. The maximum Gasteiger partial charge on any atom is 0.142 e. The van der Waals surface area contributed by atoms with Gasteiger partial charge in [0.2, 0.25) is 0 Å². The van der Waals surface area contributed by atoms with Crippen LogP contribution in [0, 0.1) is 0 Å². The first-order chi connectivity index (χ1) is 7.17. The largest absolute Gasteiger partial charge is 0.382 e. The number of anilines is 1. The van der Waals surface area contributed by atoms with Gasteiger partial charge >= 0.3 is 0 Å². The molecule has 1 aliphatic carbocycles. The standard InChI is InChI=1S/C11H12N4/c12-10-6-14-9-5-7(11(13)3-4-11)1-2-8(9)15-10/h1-2,5-6H,3-4,13H2,(H2,12,15). The van der Waals surface area contributed by atoms with E-state index >= 15 is 0 Å². The summed E-state index contributed by atoms with van der Waals surface area (Å²) in [6, 6.07) is 5.96. The molecule has 1 aliphatic rings. The lowest BCUT2D eigenvalue weighted by Gasteiger charge is -2.09. The Bertz CT molecular complexity index is 531. The zero-order valence-electron chi connectivity index (χ0n) is 8.27. The van der Waals surface area contributed by atoms with E-state index in [0.717, 1.165) is 29.4 Å². The van der Waals surface area contributed by atoms with E-state index in [1.807, 2.05) is 18.2 Å². The van der Waals surface area contributed by atoms with Crippen molar-refractivity contribution in [3.8, 4) is 0 Å². The van der Waals surface area contributed by atoms with E-state index in [-0.39, 0.29) is 5.54 Å². The van der Waals surface area contributed by atoms with Crippen LogP contribution in [0.3, 0.4) is 0 Å². The molecule has 0 bridgehead atoms. The number of nitrogens with two attached hydrogens (primary N) is 2. The SMILES string of the molecule is Nc1cnc2cc(C3(N)CC3)ccc2n1. The highest BCUT2D eigenvalue weighted by Gasteiger charge is 2.39. The van der Waals surface area contributed by atoms with Crippen molar-refractivity contribution in [1.29, 1.82) is 0 Å². The number of fused-ring (bicyclic) bond motifs is 1. The Morgan fingerprint density at radius 3 is 2.73 bits per heavy atom. The molecule has 1 fully saturated rings. The summed E-state index contributed by atoms with van der Waals surface area (Å²) < 4.78 is 0. The van der Waals surface area contributed by atoms with Crippen molar-refractivity contribution in [2.75, 3.05) is 5.73 Å². The van der Waals surface area contributed by atoms with Crippen LogP contribution in [0.4, 0.5) is 5.82 Å². The predicted octanol–water partition coefficient (Wildman–Crippen LogP) is 1.16. The highest BCUT2D eigenvalue weighted by atomic mass is 14.9. The second-order valence-electron chi connectivity index (χ2n) is 4.15. The highest BCUT2D eigenvalue weighted by Crippen LogP contribution is 2.42. The lowest BCUT2D eigenvalue weighted by Crippen LogP contribution is -2.18. The van der Waals surface area contributed by atoms with Gasteiger partial charge in [0.05, 0.1) is 17.2 Å². The predicted molar refractivity (Wildman–Crippen MR) is 59.0 cm³/mol. The van der Waals surface area contributed by atoms with E-state index in [1.54, 1.807) is 6.20 Å². The van der Waals surface area contributed by atoms with Crippen LogP contribution in [0.1, 0.15) is 18.4 Å². The summed E-state index contributed by atoms with van der Waals surface area (Å²) in [7, 11) is 0. The smallest absolute Gasteiger partial charge is 0.142 e. The summed E-state index contributed by atoms with van der Waals surface area (Å²) in [5.41, 5.74) is 14.4. The normalized spacial score (nSPS) is 17.9. The van der Waals surface area contributed by atoms with Gasteiger partial charge in [-0.05, 0) is 30.5 Å². The number of aromatic nitrogens is 2. The molecule has 1 heterocycles. The Hall–Kier alpha value is -1.68. The van der Waals surface area contributed by atoms with E-state index in [0.29, 0.717) is 5.82 Å². The van der Waals surface area contributed by atoms with Crippen molar-refractivity contribution >= 4 is 16.9 Å². The fourth-order valence-electron chi connectivity index (χ4n) is 1.76. The molecule has 0 atom stereocenters. The first-order valence-electron chi connectivity index (χ1n) is 4.99. The van der Waals surface area contributed by atoms with Crippen LogP contribution < -0.4 is 11.5 Å². The number of nitrogens with zero attached hydrogens (tertiary/aromatic N) is 2. The van der Waals surface area contributed by atoms with Crippen LogP contribution in [0.5, 0.6) is 0 Å². The van der Waals surface area contributed by atoms with Crippen molar-refractivity contribution in [2.45, 2.75) is 18.4 Å². The third-order valence-electron chi connectivity index (χ3n) is 2.92. The summed E-state index contributed by atoms with van der Waals surface area (Å²) in [6.07, 6.45) is 3.68. The lowest BCUT2D eigenvalue weighted by molar-refractivity contribution is 0.741. The molecule has 0 unspecified atom stereocenters. The van der Waals surface area contributed by atoms with Gasteiger partial charge in [-0.1, -0.05) is 6.07 Å². The summed E-state index contributed by atoms with van der Waals surface area (Å²) in [5.74, 6) is 0.448. The Balaban J connectivity index is 2.18. The van der Waals surface area contributed by atoms with Gasteiger partial charge in [-0.15, -0.1) is 0 Å². The van der Waals surface area contributed by atoms with Gasteiger partial charge in [0.1, 0.15) is 5.82 Å². The van der Waals surface area contributed by atoms with Crippen LogP contribution >= 0.6 is 0 Å². The van der Waals surface area contributed by atoms with Crippen molar-refractivity contribution in [2.24, 2.45) is 5.73 Å². The quantitative estimate of drug-likeness (QED) is 0.724. The minimum Gasteiger partial charge on any atom is -0.382 e. The zero-order valence-corrected chi connectivity index (χ0v) is 8.27. The van der Waals surface area contributed by atoms with E-state index in [4.69, 9.17) is 11.5 Å². The molecule has 0 aliphatic heterocycles. The Labute approximate surface area is 87.3 Å². The molecule has 0 amide bonds. The van der Waals surface area contributed by atoms with Crippen LogP contribution in [-0.2, 0) is 5.54 Å². The summed E-state index contributed by atoms with van der Waals surface area (Å²) in [4.78, 5) is 8.43. The molecule has 76 valence electrons. The van der Waals surface area contributed by atoms with Gasteiger partial charge < -0.3 is 11.5 Å². The summed E-state index contributed by atoms with van der Waals surface area (Å²) in [5, 5.41) is 0. The van der Waals surface area contributed by atoms with Crippen LogP contribution in [0.15, 0.2) is 24.4 Å². The Kier molecular flexibility index (Phi) is 1.53. The maximum atomic E-state index is 6.12. The minimum absolute atomic E-state index is 0.114. The zero-order chi connectivity index (χ0) is 10.5. The fraction of sp³-hybridized carbons (Fsp3) is 0.273. The van der Waals surface area contributed by atoms with Crippen LogP contribution in [0.2, 0.25) is 0 Å². The molecule has 3 rings (SSSR count). The molecular formula is C11H12N4. The van der Waals surface area contributed by atoms with E-state index in [1.165, 1.54) is 0 Å². The van der Waals surface area contributed by atoms with E-state index in [9.17, 15) is 0 Å². The molecular weight excluding hydrogens is 188 g/mol. The van der Waals surface area contributed by atoms with Gasteiger partial charge in [-0.25, -0.2) is 4.98 Å². The van der Waals surface area contributed by atoms with Crippen molar-refractivity contribution in [1.82, 2.24) is 9.97 Å². The third kappa shape index (κ3) is 1.34. The number of hydrogen-bond donors (Lipinski definition) is 2. The second kappa shape index (κ2) is 2.67. The number of benzene rings is 1. The first kappa shape index (κ1) is 8.61. The second-order valence-corrected chi connectivity index (χ2v) is 4.15. The summed E-state index contributed by atoms with van der Waals surface area (Å²) >= 11 is 0. The van der Waals surface area contributed by atoms with Gasteiger partial charge in [0, 0.05) is 5.54 Å². The van der Waals surface area contributed by atoms with Gasteiger partial charge in [0.15, 0.2) is 0 Å². The Morgan fingerprint density at radius 2 is 2.00 bits per heavy atom. The number of hydrogen-bond acceptors (Lipinski definition) is 4. The molecule has 15 heavy (non-hydrogen) atoms. The monoisotopic (exact) mass is 200 g/mol. The molecule has 4 N–H and O–H groups in total. The van der Waals surface area contributed by atoms with Gasteiger partial charge in [-0.3, -0.25) is 4.98 Å². The molecule has 1 aromatic heterocycles. The van der Waals surface area contributed by atoms with Crippen molar-refractivity contribution in [3.05, 3.63) is 30.0 Å². The average molecular weight is 200 g/mol. The lowest BCUT2D eigenvalue weighted by atomic mass is 10.1. The molecule has 1 aromatic carbocycles. The molecule has 0 saturated heterocycles. The third-order valence-corrected chi connectivity index (χ3v) is 2.92. The number of rotatable bonds is 1. The topological polar surface area (TPSA) is 77.8 Å². The van der Waals surface area contributed by atoms with Crippen molar-refractivity contribution < 1.29 is 0 Å². The molecule has 4 heteroatoms. The van der Waals surface area contributed by atoms with E-state index < -0.39 is 0 Å². The van der Waals surface area contributed by atoms with Crippen LogP contribution in [0.25, 0.3) is 11.0 Å². The molecule has 0 spiro atoms. The van der Waals surface area contributed by atoms with Gasteiger partial charge in [-0.2, -0.15) is 0 Å². The van der Waals surface area contributed by atoms with Crippen LogP contribution in [-0.4, -0.2) is 9.97 Å².